The van der Waals surface area contributed by atoms with Crippen LogP contribution in [0.4, 0.5) is 0 Å². The van der Waals surface area contributed by atoms with Gasteiger partial charge in [0.1, 0.15) is 4.88 Å². The first-order valence-corrected chi connectivity index (χ1v) is 4.64. The number of carboxylic acid groups (broad SMARTS) is 1. The van der Waals surface area contributed by atoms with Crippen LogP contribution in [0.3, 0.4) is 0 Å². The molecule has 0 fully saturated rings. The van der Waals surface area contributed by atoms with Crippen LogP contribution in [0.15, 0.2) is 6.07 Å². The normalized spacial score (nSPS) is 14.5. The van der Waals surface area contributed by atoms with Crippen LogP contribution >= 0.6 is 23.7 Å². The van der Waals surface area contributed by atoms with Crippen molar-refractivity contribution in [2.45, 2.75) is 13.0 Å². The van der Waals surface area contributed by atoms with E-state index < -0.39 is 5.97 Å². The summed E-state index contributed by atoms with van der Waals surface area (Å²) >= 11 is 1.40. The van der Waals surface area contributed by atoms with Gasteiger partial charge in [0.2, 0.25) is 0 Å². The molecule has 0 radical (unpaired) electrons. The van der Waals surface area contributed by atoms with Crippen molar-refractivity contribution in [2.75, 3.05) is 6.54 Å². The predicted octanol–water partition coefficient (Wildman–Crippen LogP) is 1.51. The lowest BCUT2D eigenvalue weighted by atomic mass is 10.1. The molecule has 0 spiro atoms. The average Bonchev–Trinajstić information content (AvgIpc) is 2.46. The second-order valence-corrected chi connectivity index (χ2v) is 3.93. The molecule has 72 valence electrons. The number of aromatic carboxylic acids is 1. The van der Waals surface area contributed by atoms with Crippen molar-refractivity contribution in [1.29, 1.82) is 0 Å². The van der Waals surface area contributed by atoms with Gasteiger partial charge in [0, 0.05) is 18.0 Å². The van der Waals surface area contributed by atoms with Gasteiger partial charge in [-0.25, -0.2) is 4.79 Å². The summed E-state index contributed by atoms with van der Waals surface area (Å²) in [6.45, 7) is 1.78. The van der Waals surface area contributed by atoms with E-state index in [1.807, 2.05) is 0 Å². The fourth-order valence-electron chi connectivity index (χ4n) is 1.36. The van der Waals surface area contributed by atoms with E-state index in [0.29, 0.717) is 4.88 Å². The van der Waals surface area contributed by atoms with Crippen LogP contribution in [0, 0.1) is 0 Å². The van der Waals surface area contributed by atoms with E-state index in [1.54, 1.807) is 6.07 Å². The molecule has 1 aromatic rings. The van der Waals surface area contributed by atoms with E-state index in [2.05, 4.69) is 5.32 Å². The largest absolute Gasteiger partial charge is 0.477 e. The third-order valence-corrected chi connectivity index (χ3v) is 3.18. The number of nitrogens with one attached hydrogen (secondary N) is 1. The molecule has 2 heterocycles. The minimum Gasteiger partial charge on any atom is -0.477 e. The Bertz CT molecular complexity index is 300. The SMILES string of the molecule is Cl.O=C(O)c1cc2c(s1)CCNC2. The monoisotopic (exact) mass is 219 g/mol. The lowest BCUT2D eigenvalue weighted by Gasteiger charge is -2.10. The maximum absolute atomic E-state index is 10.6. The highest BCUT2D eigenvalue weighted by Gasteiger charge is 2.15. The van der Waals surface area contributed by atoms with E-state index in [-0.39, 0.29) is 12.4 Å². The van der Waals surface area contributed by atoms with Crippen molar-refractivity contribution in [2.24, 2.45) is 0 Å². The predicted molar refractivity (Wildman–Crippen MR) is 53.9 cm³/mol. The zero-order valence-electron chi connectivity index (χ0n) is 6.87. The van der Waals surface area contributed by atoms with E-state index in [0.717, 1.165) is 25.1 Å². The number of hydrogen-bond donors (Lipinski definition) is 2. The Hall–Kier alpha value is -0.580. The first-order chi connectivity index (χ1) is 5.77. The molecule has 1 aliphatic heterocycles. The molecule has 3 nitrogen and oxygen atoms in total. The van der Waals surface area contributed by atoms with E-state index in [9.17, 15) is 4.79 Å². The van der Waals surface area contributed by atoms with Gasteiger partial charge in [-0.2, -0.15) is 0 Å². The Morgan fingerprint density at radius 2 is 2.38 bits per heavy atom. The summed E-state index contributed by atoms with van der Waals surface area (Å²) in [4.78, 5) is 12.3. The summed E-state index contributed by atoms with van der Waals surface area (Å²) in [6.07, 6.45) is 0.966. The lowest BCUT2D eigenvalue weighted by molar-refractivity contribution is 0.0702. The molecule has 1 aliphatic rings. The maximum atomic E-state index is 10.6. The molecule has 0 atom stereocenters. The molecule has 2 rings (SSSR count). The topological polar surface area (TPSA) is 49.3 Å². The third kappa shape index (κ3) is 2.02. The Balaban J connectivity index is 0.000000845. The van der Waals surface area contributed by atoms with Gasteiger partial charge in [0.15, 0.2) is 0 Å². The molecule has 13 heavy (non-hydrogen) atoms. The Kier molecular flexibility index (Phi) is 3.30. The van der Waals surface area contributed by atoms with Gasteiger partial charge in [0.05, 0.1) is 0 Å². The minimum atomic E-state index is -0.811. The summed E-state index contributed by atoms with van der Waals surface area (Å²) < 4.78 is 0. The number of thiophene rings is 1. The fourth-order valence-corrected chi connectivity index (χ4v) is 2.38. The van der Waals surface area contributed by atoms with Crippen LogP contribution < -0.4 is 5.32 Å². The molecule has 5 heteroatoms. The summed E-state index contributed by atoms with van der Waals surface area (Å²) in [5.41, 5.74) is 1.16. The van der Waals surface area contributed by atoms with Gasteiger partial charge in [-0.1, -0.05) is 0 Å². The Morgan fingerprint density at radius 1 is 1.62 bits per heavy atom. The highest BCUT2D eigenvalue weighted by Crippen LogP contribution is 2.24. The molecule has 0 saturated heterocycles. The smallest absolute Gasteiger partial charge is 0.345 e. The number of carboxylic acids is 1. The van der Waals surface area contributed by atoms with Crippen LogP contribution in [0.1, 0.15) is 20.1 Å². The zero-order chi connectivity index (χ0) is 8.55. The number of hydrogen-bond acceptors (Lipinski definition) is 3. The average molecular weight is 220 g/mol. The van der Waals surface area contributed by atoms with Gasteiger partial charge in [0.25, 0.3) is 0 Å². The number of halogens is 1. The van der Waals surface area contributed by atoms with Crippen molar-refractivity contribution in [3.63, 3.8) is 0 Å². The fraction of sp³-hybridized carbons (Fsp3) is 0.375. The second kappa shape index (κ2) is 4.09. The Morgan fingerprint density at radius 3 is 3.00 bits per heavy atom. The van der Waals surface area contributed by atoms with Crippen LogP contribution in [0.25, 0.3) is 0 Å². The lowest BCUT2D eigenvalue weighted by Crippen LogP contribution is -2.21. The molecular formula is C8H10ClNO2S. The summed E-state index contributed by atoms with van der Waals surface area (Å²) in [5.74, 6) is -0.811. The molecule has 0 bridgehead atoms. The van der Waals surface area contributed by atoms with Crippen molar-refractivity contribution < 1.29 is 9.90 Å². The van der Waals surface area contributed by atoms with Crippen LogP contribution in [0.5, 0.6) is 0 Å². The first kappa shape index (κ1) is 10.5. The van der Waals surface area contributed by atoms with E-state index >= 15 is 0 Å². The highest BCUT2D eigenvalue weighted by atomic mass is 35.5. The summed E-state index contributed by atoms with van der Waals surface area (Å²) in [7, 11) is 0. The van der Waals surface area contributed by atoms with Gasteiger partial charge < -0.3 is 10.4 Å². The molecule has 0 unspecified atom stereocenters. The van der Waals surface area contributed by atoms with E-state index in [1.165, 1.54) is 16.2 Å². The van der Waals surface area contributed by atoms with Crippen LogP contribution in [-0.4, -0.2) is 17.6 Å². The molecule has 0 amide bonds. The number of fused-ring (bicyclic) bond motifs is 1. The Labute approximate surface area is 86.2 Å². The van der Waals surface area contributed by atoms with Crippen LogP contribution in [0.2, 0.25) is 0 Å². The third-order valence-electron chi connectivity index (χ3n) is 1.95. The highest BCUT2D eigenvalue weighted by molar-refractivity contribution is 7.14. The quantitative estimate of drug-likeness (QED) is 0.753. The van der Waals surface area contributed by atoms with Gasteiger partial charge in [-0.15, -0.1) is 23.7 Å². The molecule has 0 saturated carbocycles. The van der Waals surface area contributed by atoms with E-state index in [4.69, 9.17) is 5.11 Å². The molecule has 2 N–H and O–H groups in total. The molecule has 0 aromatic carbocycles. The summed E-state index contributed by atoms with van der Waals surface area (Å²) in [6, 6.07) is 1.77. The summed E-state index contributed by atoms with van der Waals surface area (Å²) in [5, 5.41) is 11.9. The minimum absolute atomic E-state index is 0. The van der Waals surface area contributed by atoms with Gasteiger partial charge in [-0.3, -0.25) is 0 Å². The molecule has 1 aromatic heterocycles. The van der Waals surface area contributed by atoms with Crippen LogP contribution in [-0.2, 0) is 13.0 Å². The van der Waals surface area contributed by atoms with Gasteiger partial charge in [-0.05, 0) is 18.1 Å². The van der Waals surface area contributed by atoms with Crippen molar-refractivity contribution in [3.05, 3.63) is 21.4 Å². The van der Waals surface area contributed by atoms with Crippen molar-refractivity contribution >= 4 is 29.7 Å². The zero-order valence-corrected chi connectivity index (χ0v) is 8.50. The first-order valence-electron chi connectivity index (χ1n) is 3.83. The molecule has 0 aliphatic carbocycles. The van der Waals surface area contributed by atoms with Gasteiger partial charge >= 0.3 is 5.97 Å². The standard InChI is InChI=1S/C8H9NO2S.ClH/c10-8(11)7-3-5-4-9-2-1-6(5)12-7;/h3,9H,1-2,4H2,(H,10,11);1H. The second-order valence-electron chi connectivity index (χ2n) is 2.79. The van der Waals surface area contributed by atoms with Crippen molar-refractivity contribution in [1.82, 2.24) is 5.32 Å². The number of rotatable bonds is 1. The number of carbonyl (C=O) groups is 1. The maximum Gasteiger partial charge on any atom is 0.345 e. The van der Waals surface area contributed by atoms with Crippen molar-refractivity contribution in [3.8, 4) is 0 Å². The molecular weight excluding hydrogens is 210 g/mol.